The van der Waals surface area contributed by atoms with Crippen molar-refractivity contribution in [2.75, 3.05) is 27.3 Å². The molecule has 2 aromatic rings. The first-order chi connectivity index (χ1) is 10.0. The van der Waals surface area contributed by atoms with Crippen molar-refractivity contribution >= 4 is 16.7 Å². The summed E-state index contributed by atoms with van der Waals surface area (Å²) in [5.41, 5.74) is 6.13. The van der Waals surface area contributed by atoms with Crippen molar-refractivity contribution in [3.05, 3.63) is 42.0 Å². The molecule has 1 unspecified atom stereocenters. The first kappa shape index (κ1) is 15.3. The van der Waals surface area contributed by atoms with Crippen molar-refractivity contribution in [1.82, 2.24) is 4.90 Å². The highest BCUT2D eigenvalue weighted by Gasteiger charge is 2.19. The van der Waals surface area contributed by atoms with E-state index in [1.165, 1.54) is 4.90 Å². The summed E-state index contributed by atoms with van der Waals surface area (Å²) in [6, 6.07) is 10.6. The number of likely N-dealkylation sites (N-methyl/N-ethyl adjacent to an activating group) is 1. The summed E-state index contributed by atoms with van der Waals surface area (Å²) in [6.45, 7) is 0.736. The van der Waals surface area contributed by atoms with E-state index in [1.54, 1.807) is 26.3 Å². The van der Waals surface area contributed by atoms with Gasteiger partial charge in [0.05, 0.1) is 12.2 Å². The molecule has 0 aliphatic heterocycles. The van der Waals surface area contributed by atoms with Crippen LogP contribution < -0.4 is 5.73 Å². The zero-order valence-corrected chi connectivity index (χ0v) is 12.2. The van der Waals surface area contributed by atoms with Crippen molar-refractivity contribution < 1.29 is 14.6 Å². The Kier molecular flexibility index (Phi) is 4.77. The Bertz CT molecular complexity index is 642. The third kappa shape index (κ3) is 3.32. The summed E-state index contributed by atoms with van der Waals surface area (Å²) >= 11 is 0. The van der Waals surface area contributed by atoms with Gasteiger partial charge in [0.2, 0.25) is 0 Å². The molecule has 0 aliphatic rings. The van der Waals surface area contributed by atoms with Gasteiger partial charge in [-0.15, -0.1) is 0 Å². The van der Waals surface area contributed by atoms with Crippen LogP contribution in [-0.2, 0) is 4.74 Å². The molecule has 2 aromatic carbocycles. The molecule has 3 N–H and O–H groups in total. The van der Waals surface area contributed by atoms with E-state index in [4.69, 9.17) is 10.5 Å². The van der Waals surface area contributed by atoms with E-state index in [0.717, 1.165) is 5.39 Å². The molecule has 1 amide bonds. The molecule has 1 atom stereocenters. The standard InChI is InChI=1S/C16H20N2O3/c1-18(9-12(17)10-21-2)16(20)14-8-7-11-5-3-4-6-13(11)15(14)19/h3-8,12,19H,9-10,17H2,1-2H3. The number of carbonyl (C=O) groups excluding carboxylic acids is 1. The van der Waals surface area contributed by atoms with Crippen LogP contribution in [0.25, 0.3) is 10.8 Å². The van der Waals surface area contributed by atoms with E-state index < -0.39 is 0 Å². The smallest absolute Gasteiger partial charge is 0.257 e. The number of nitrogens with zero attached hydrogens (tertiary/aromatic N) is 1. The fraction of sp³-hybridized carbons (Fsp3) is 0.312. The number of fused-ring (bicyclic) bond motifs is 1. The number of hydrogen-bond donors (Lipinski definition) is 2. The molecular formula is C16H20N2O3. The normalized spacial score (nSPS) is 12.3. The molecule has 5 heteroatoms. The summed E-state index contributed by atoms with van der Waals surface area (Å²) < 4.78 is 4.96. The lowest BCUT2D eigenvalue weighted by atomic mass is 10.0. The van der Waals surface area contributed by atoms with E-state index in [2.05, 4.69) is 0 Å². The summed E-state index contributed by atoms with van der Waals surface area (Å²) in [5.74, 6) is -0.255. The second kappa shape index (κ2) is 6.56. The predicted octanol–water partition coefficient (Wildman–Crippen LogP) is 1.59. The van der Waals surface area contributed by atoms with Crippen molar-refractivity contribution in [2.24, 2.45) is 5.73 Å². The summed E-state index contributed by atoms with van der Waals surface area (Å²) in [6.07, 6.45) is 0. The minimum absolute atomic E-state index is 0.00487. The lowest BCUT2D eigenvalue weighted by Crippen LogP contribution is -2.41. The molecule has 0 saturated carbocycles. The number of phenols is 1. The lowest BCUT2D eigenvalue weighted by molar-refractivity contribution is 0.0762. The Labute approximate surface area is 123 Å². The van der Waals surface area contributed by atoms with Crippen molar-refractivity contribution in [1.29, 1.82) is 0 Å². The largest absolute Gasteiger partial charge is 0.506 e. The van der Waals surface area contributed by atoms with Crippen LogP contribution in [0.5, 0.6) is 5.75 Å². The molecule has 0 fully saturated rings. The average Bonchev–Trinajstić information content (AvgIpc) is 2.47. The van der Waals surface area contributed by atoms with Gasteiger partial charge in [-0.25, -0.2) is 0 Å². The van der Waals surface area contributed by atoms with E-state index in [9.17, 15) is 9.90 Å². The van der Waals surface area contributed by atoms with Crippen LogP contribution in [0.1, 0.15) is 10.4 Å². The number of amides is 1. The highest BCUT2D eigenvalue weighted by atomic mass is 16.5. The quantitative estimate of drug-likeness (QED) is 0.876. The van der Waals surface area contributed by atoms with Gasteiger partial charge >= 0.3 is 0 Å². The lowest BCUT2D eigenvalue weighted by Gasteiger charge is -2.21. The SMILES string of the molecule is COCC(N)CN(C)C(=O)c1ccc2ccccc2c1O. The molecule has 0 aliphatic carbocycles. The molecule has 0 aromatic heterocycles. The minimum atomic E-state index is -0.259. The molecule has 0 bridgehead atoms. The molecule has 0 spiro atoms. The van der Waals surface area contributed by atoms with E-state index in [-0.39, 0.29) is 23.3 Å². The average molecular weight is 288 g/mol. The molecule has 5 nitrogen and oxygen atoms in total. The van der Waals surface area contributed by atoms with Gasteiger partial charge in [0.1, 0.15) is 5.75 Å². The number of phenolic OH excluding ortho intramolecular Hbond substituents is 1. The first-order valence-corrected chi connectivity index (χ1v) is 6.75. The summed E-state index contributed by atoms with van der Waals surface area (Å²) in [7, 11) is 3.23. The van der Waals surface area contributed by atoms with Gasteiger partial charge in [-0.1, -0.05) is 30.3 Å². The fourth-order valence-corrected chi connectivity index (χ4v) is 2.33. The molecule has 2 rings (SSSR count). The van der Waals surface area contributed by atoms with Gasteiger partial charge in [0.25, 0.3) is 5.91 Å². The third-order valence-corrected chi connectivity index (χ3v) is 3.37. The Balaban J connectivity index is 2.25. The van der Waals surface area contributed by atoms with Crippen LogP contribution in [-0.4, -0.2) is 49.3 Å². The van der Waals surface area contributed by atoms with Crippen molar-refractivity contribution in [2.45, 2.75) is 6.04 Å². The zero-order chi connectivity index (χ0) is 15.4. The summed E-state index contributed by atoms with van der Waals surface area (Å²) in [5, 5.41) is 11.9. The molecule has 0 radical (unpaired) electrons. The highest BCUT2D eigenvalue weighted by Crippen LogP contribution is 2.29. The molecule has 21 heavy (non-hydrogen) atoms. The Morgan fingerprint density at radius 3 is 2.76 bits per heavy atom. The minimum Gasteiger partial charge on any atom is -0.506 e. The van der Waals surface area contributed by atoms with Gasteiger partial charge in [-0.3, -0.25) is 4.79 Å². The molecular weight excluding hydrogens is 268 g/mol. The monoisotopic (exact) mass is 288 g/mol. The van der Waals surface area contributed by atoms with Crippen LogP contribution >= 0.6 is 0 Å². The Hall–Kier alpha value is -2.11. The van der Waals surface area contributed by atoms with Crippen LogP contribution in [0.2, 0.25) is 0 Å². The molecule has 0 heterocycles. The second-order valence-electron chi connectivity index (χ2n) is 5.08. The van der Waals surface area contributed by atoms with Crippen LogP contribution in [0.15, 0.2) is 36.4 Å². The molecule has 0 saturated heterocycles. The highest BCUT2D eigenvalue weighted by molar-refractivity contribution is 6.03. The number of nitrogens with two attached hydrogens (primary N) is 1. The number of aromatic hydroxyl groups is 1. The Morgan fingerprint density at radius 1 is 1.33 bits per heavy atom. The predicted molar refractivity (Wildman–Crippen MR) is 82.4 cm³/mol. The number of rotatable bonds is 5. The number of benzene rings is 2. The molecule has 112 valence electrons. The van der Waals surface area contributed by atoms with Crippen molar-refractivity contribution in [3.63, 3.8) is 0 Å². The van der Waals surface area contributed by atoms with Crippen molar-refractivity contribution in [3.8, 4) is 5.75 Å². The number of ether oxygens (including phenoxy) is 1. The van der Waals surface area contributed by atoms with Crippen LogP contribution in [0.4, 0.5) is 0 Å². The maximum atomic E-state index is 12.4. The van der Waals surface area contributed by atoms with E-state index in [0.29, 0.717) is 18.5 Å². The van der Waals surface area contributed by atoms with E-state index >= 15 is 0 Å². The van der Waals surface area contributed by atoms with Gasteiger partial charge in [0.15, 0.2) is 0 Å². The van der Waals surface area contributed by atoms with Gasteiger partial charge in [-0.2, -0.15) is 0 Å². The number of hydrogen-bond acceptors (Lipinski definition) is 4. The fourth-order valence-electron chi connectivity index (χ4n) is 2.33. The van der Waals surface area contributed by atoms with Gasteiger partial charge in [0, 0.05) is 32.1 Å². The zero-order valence-electron chi connectivity index (χ0n) is 12.2. The van der Waals surface area contributed by atoms with E-state index in [1.807, 2.05) is 24.3 Å². The maximum Gasteiger partial charge on any atom is 0.257 e. The first-order valence-electron chi connectivity index (χ1n) is 6.75. The second-order valence-corrected chi connectivity index (χ2v) is 5.08. The number of carbonyl (C=O) groups is 1. The topological polar surface area (TPSA) is 75.8 Å². The number of methoxy groups -OCH3 is 1. The van der Waals surface area contributed by atoms with Gasteiger partial charge < -0.3 is 20.5 Å². The summed E-state index contributed by atoms with van der Waals surface area (Å²) in [4.78, 5) is 13.9. The van der Waals surface area contributed by atoms with Crippen LogP contribution in [0.3, 0.4) is 0 Å². The van der Waals surface area contributed by atoms with Crippen LogP contribution in [0, 0.1) is 0 Å². The maximum absolute atomic E-state index is 12.4. The third-order valence-electron chi connectivity index (χ3n) is 3.37. The Morgan fingerprint density at radius 2 is 2.05 bits per heavy atom. The van der Waals surface area contributed by atoms with Gasteiger partial charge in [-0.05, 0) is 11.5 Å².